The second-order valence-corrected chi connectivity index (χ2v) is 3.83. The number of hydrogen-bond acceptors (Lipinski definition) is 1. The van der Waals surface area contributed by atoms with E-state index in [9.17, 15) is 5.11 Å². The minimum Gasteiger partial charge on any atom is -0.376 e. The van der Waals surface area contributed by atoms with Crippen molar-refractivity contribution in [2.75, 3.05) is 0 Å². The summed E-state index contributed by atoms with van der Waals surface area (Å²) >= 11 is 7.84. The lowest BCUT2D eigenvalue weighted by Crippen LogP contribution is -1.96. The van der Waals surface area contributed by atoms with E-state index >= 15 is 0 Å². The molecule has 0 spiro atoms. The summed E-state index contributed by atoms with van der Waals surface area (Å²) in [4.78, 5) is 0. The molecule has 1 nitrogen and oxygen atoms in total. The molecule has 0 heterocycles. The molecule has 0 amide bonds. The van der Waals surface area contributed by atoms with E-state index in [1.807, 2.05) is 6.07 Å². The third kappa shape index (κ3) is 2.13. The van der Waals surface area contributed by atoms with Gasteiger partial charge in [-0.25, -0.2) is 0 Å². The summed E-state index contributed by atoms with van der Waals surface area (Å²) < 4.78 is 0.919. The van der Waals surface area contributed by atoms with Crippen LogP contribution in [0.1, 0.15) is 11.7 Å². The molecule has 62 valence electrons. The van der Waals surface area contributed by atoms with Crippen LogP contribution in [0.2, 0.25) is 5.02 Å². The van der Waals surface area contributed by atoms with Crippen molar-refractivity contribution in [1.82, 2.24) is 0 Å². The van der Waals surface area contributed by atoms with Crippen molar-refractivity contribution in [3.8, 4) is 12.3 Å². The Morgan fingerprint density at radius 3 is 2.83 bits per heavy atom. The third-order valence-electron chi connectivity index (χ3n) is 1.41. The molecule has 1 rings (SSSR count). The van der Waals surface area contributed by atoms with E-state index in [2.05, 4.69) is 28.5 Å². The molecule has 0 aromatic heterocycles. The van der Waals surface area contributed by atoms with E-state index in [1.54, 1.807) is 12.1 Å². The highest BCUT2D eigenvalue weighted by Crippen LogP contribution is 2.23. The fraction of sp³-hybridized carbons (Fsp3) is 0.111. The maximum atomic E-state index is 9.33. The smallest absolute Gasteiger partial charge is 0.141 e. The van der Waals surface area contributed by atoms with Gasteiger partial charge in [0.1, 0.15) is 6.10 Å². The Morgan fingerprint density at radius 2 is 2.25 bits per heavy atom. The Morgan fingerprint density at radius 1 is 1.58 bits per heavy atom. The lowest BCUT2D eigenvalue weighted by atomic mass is 10.1. The van der Waals surface area contributed by atoms with E-state index < -0.39 is 6.10 Å². The van der Waals surface area contributed by atoms with Gasteiger partial charge in [0.25, 0.3) is 0 Å². The van der Waals surface area contributed by atoms with Crippen LogP contribution in [0.4, 0.5) is 0 Å². The molecular weight excluding hydrogens is 286 g/mol. The molecule has 3 heteroatoms. The summed E-state index contributed by atoms with van der Waals surface area (Å²) in [6.45, 7) is 0. The van der Waals surface area contributed by atoms with E-state index in [0.717, 1.165) is 3.57 Å². The first-order valence-corrected chi connectivity index (χ1v) is 4.70. The summed E-state index contributed by atoms with van der Waals surface area (Å²) in [6, 6.07) is 5.25. The molecule has 0 aliphatic rings. The summed E-state index contributed by atoms with van der Waals surface area (Å²) in [5, 5.41) is 9.92. The SMILES string of the molecule is C#CC(O)c1cc(Cl)ccc1I. The summed E-state index contributed by atoms with van der Waals surface area (Å²) in [7, 11) is 0. The zero-order valence-corrected chi connectivity index (χ0v) is 9.00. The highest BCUT2D eigenvalue weighted by Gasteiger charge is 2.07. The Bertz CT molecular complexity index is 330. The van der Waals surface area contributed by atoms with Crippen molar-refractivity contribution >= 4 is 34.2 Å². The monoisotopic (exact) mass is 292 g/mol. The zero-order chi connectivity index (χ0) is 9.14. The second-order valence-electron chi connectivity index (χ2n) is 2.24. The minimum absolute atomic E-state index is 0.583. The lowest BCUT2D eigenvalue weighted by molar-refractivity contribution is 0.237. The number of aliphatic hydroxyl groups excluding tert-OH is 1. The Balaban J connectivity index is 3.15. The summed E-state index contributed by atoms with van der Waals surface area (Å²) in [5.74, 6) is 2.24. The average Bonchev–Trinajstić information content (AvgIpc) is 2.08. The van der Waals surface area contributed by atoms with Crippen LogP contribution in [0.15, 0.2) is 18.2 Å². The van der Waals surface area contributed by atoms with E-state index in [4.69, 9.17) is 18.0 Å². The van der Waals surface area contributed by atoms with Crippen LogP contribution in [0.25, 0.3) is 0 Å². The second kappa shape index (κ2) is 4.13. The molecule has 1 unspecified atom stereocenters. The maximum absolute atomic E-state index is 9.33. The van der Waals surface area contributed by atoms with Crippen LogP contribution in [0.3, 0.4) is 0 Å². The normalized spacial score (nSPS) is 12.2. The summed E-state index contributed by atoms with van der Waals surface area (Å²) in [5.41, 5.74) is 0.686. The standard InChI is InChI=1S/C9H6ClIO/c1-2-9(12)7-5-6(10)3-4-8(7)11/h1,3-5,9,12H. The Labute approximate surface area is 89.9 Å². The molecule has 0 aliphatic carbocycles. The average molecular weight is 293 g/mol. The van der Waals surface area contributed by atoms with E-state index in [-0.39, 0.29) is 0 Å². The van der Waals surface area contributed by atoms with Crippen LogP contribution in [-0.2, 0) is 0 Å². The van der Waals surface area contributed by atoms with Crippen molar-refractivity contribution in [2.24, 2.45) is 0 Å². The number of benzene rings is 1. The van der Waals surface area contributed by atoms with Gasteiger partial charge in [-0.05, 0) is 40.8 Å². The topological polar surface area (TPSA) is 20.2 Å². The largest absolute Gasteiger partial charge is 0.376 e. The fourth-order valence-corrected chi connectivity index (χ4v) is 1.62. The predicted molar refractivity (Wildman–Crippen MR) is 58.0 cm³/mol. The van der Waals surface area contributed by atoms with Gasteiger partial charge in [0.15, 0.2) is 0 Å². The van der Waals surface area contributed by atoms with Gasteiger partial charge in [0, 0.05) is 14.2 Å². The van der Waals surface area contributed by atoms with Crippen molar-refractivity contribution in [3.05, 3.63) is 32.4 Å². The van der Waals surface area contributed by atoms with Gasteiger partial charge in [-0.15, -0.1) is 6.42 Å². The number of rotatable bonds is 1. The molecule has 1 N–H and O–H groups in total. The predicted octanol–water partition coefficient (Wildman–Crippen LogP) is 2.61. The molecule has 12 heavy (non-hydrogen) atoms. The van der Waals surface area contributed by atoms with Gasteiger partial charge in [-0.2, -0.15) is 0 Å². The first kappa shape index (κ1) is 9.85. The Kier molecular flexibility index (Phi) is 3.39. The number of halogens is 2. The van der Waals surface area contributed by atoms with Gasteiger partial charge in [0.2, 0.25) is 0 Å². The Hall–Kier alpha value is -0.240. The molecule has 1 aromatic rings. The van der Waals surface area contributed by atoms with Crippen molar-refractivity contribution < 1.29 is 5.11 Å². The van der Waals surface area contributed by atoms with Gasteiger partial charge in [-0.1, -0.05) is 17.5 Å². The molecule has 1 atom stereocenters. The molecule has 0 fully saturated rings. The van der Waals surface area contributed by atoms with Crippen molar-refractivity contribution in [3.63, 3.8) is 0 Å². The molecule has 1 aromatic carbocycles. The van der Waals surface area contributed by atoms with Crippen LogP contribution in [-0.4, -0.2) is 5.11 Å². The fourth-order valence-electron chi connectivity index (χ4n) is 0.814. The quantitative estimate of drug-likeness (QED) is 0.623. The van der Waals surface area contributed by atoms with E-state index in [1.165, 1.54) is 0 Å². The lowest BCUT2D eigenvalue weighted by Gasteiger charge is -2.06. The first-order chi connectivity index (χ1) is 5.65. The zero-order valence-electron chi connectivity index (χ0n) is 6.09. The van der Waals surface area contributed by atoms with Crippen LogP contribution >= 0.6 is 34.2 Å². The van der Waals surface area contributed by atoms with E-state index in [0.29, 0.717) is 10.6 Å². The highest BCUT2D eigenvalue weighted by atomic mass is 127. The third-order valence-corrected chi connectivity index (χ3v) is 2.63. The molecule has 0 radical (unpaired) electrons. The molecule has 0 aliphatic heterocycles. The van der Waals surface area contributed by atoms with Gasteiger partial charge < -0.3 is 5.11 Å². The molecule has 0 saturated carbocycles. The first-order valence-electron chi connectivity index (χ1n) is 3.24. The van der Waals surface area contributed by atoms with Gasteiger partial charge in [0.05, 0.1) is 0 Å². The minimum atomic E-state index is -0.865. The summed E-state index contributed by atoms with van der Waals surface area (Å²) in [6.07, 6.45) is 4.21. The number of aliphatic hydroxyl groups is 1. The van der Waals surface area contributed by atoms with Gasteiger partial charge >= 0.3 is 0 Å². The van der Waals surface area contributed by atoms with Crippen LogP contribution in [0.5, 0.6) is 0 Å². The molecule has 0 saturated heterocycles. The number of terminal acetylenes is 1. The number of hydrogen-bond donors (Lipinski definition) is 1. The molecular formula is C9H6ClIO. The highest BCUT2D eigenvalue weighted by molar-refractivity contribution is 14.1. The van der Waals surface area contributed by atoms with Crippen molar-refractivity contribution in [2.45, 2.75) is 6.10 Å². The van der Waals surface area contributed by atoms with Crippen LogP contribution in [0, 0.1) is 15.9 Å². The molecule has 0 bridgehead atoms. The maximum Gasteiger partial charge on any atom is 0.141 e. The van der Waals surface area contributed by atoms with Crippen LogP contribution < -0.4 is 0 Å². The van der Waals surface area contributed by atoms with Crippen molar-refractivity contribution in [1.29, 1.82) is 0 Å². The van der Waals surface area contributed by atoms with Gasteiger partial charge in [-0.3, -0.25) is 0 Å².